The number of nitrogens with one attached hydrogen (secondary N) is 1. The summed E-state index contributed by atoms with van der Waals surface area (Å²) in [6, 6.07) is 11.5. The summed E-state index contributed by atoms with van der Waals surface area (Å²) in [5.74, 6) is 0.825. The van der Waals surface area contributed by atoms with Crippen LogP contribution in [0, 0.1) is 0 Å². The van der Waals surface area contributed by atoms with Crippen LogP contribution in [-0.2, 0) is 14.6 Å². The molecule has 2 atom stereocenters. The quantitative estimate of drug-likeness (QED) is 0.558. The third-order valence-corrected chi connectivity index (χ3v) is 6.84. The number of carbonyl (C=O) groups is 1. The second-order valence-electron chi connectivity index (χ2n) is 8.90. The Bertz CT molecular complexity index is 1450. The van der Waals surface area contributed by atoms with Crippen LogP contribution in [0.1, 0.15) is 22.5 Å². The zero-order chi connectivity index (χ0) is 25.0. The van der Waals surface area contributed by atoms with Gasteiger partial charge in [-0.1, -0.05) is 0 Å². The van der Waals surface area contributed by atoms with Crippen LogP contribution in [0.5, 0.6) is 11.5 Å². The van der Waals surface area contributed by atoms with Gasteiger partial charge in [-0.3, -0.25) is 4.79 Å². The van der Waals surface area contributed by atoms with Crippen molar-refractivity contribution in [3.8, 4) is 22.8 Å². The lowest BCUT2D eigenvalue weighted by molar-refractivity contribution is 0.0827. The molecular formula is C24H23FN4O5S. The lowest BCUT2D eigenvalue weighted by atomic mass is 10.1. The predicted octanol–water partition coefficient (Wildman–Crippen LogP) is 3.23. The highest BCUT2D eigenvalue weighted by molar-refractivity contribution is 7.90. The Morgan fingerprint density at radius 1 is 1.17 bits per heavy atom. The Morgan fingerprint density at radius 2 is 1.91 bits per heavy atom. The van der Waals surface area contributed by atoms with Gasteiger partial charge in [-0.25, -0.2) is 22.8 Å². The topological polar surface area (TPSA) is 114 Å². The average Bonchev–Trinajstić information content (AvgIpc) is 3.16. The lowest BCUT2D eigenvalue weighted by Crippen LogP contribution is -2.21. The van der Waals surface area contributed by atoms with Gasteiger partial charge in [0.1, 0.15) is 23.4 Å². The van der Waals surface area contributed by atoms with Gasteiger partial charge in [-0.05, 0) is 42.5 Å². The number of hydrogen-bond acceptors (Lipinski definition) is 7. The molecule has 9 nitrogen and oxygen atoms in total. The molecule has 0 unspecified atom stereocenters. The Kier molecular flexibility index (Phi) is 5.39. The summed E-state index contributed by atoms with van der Waals surface area (Å²) in [7, 11) is -0.135. The van der Waals surface area contributed by atoms with Crippen molar-refractivity contribution < 1.29 is 27.1 Å². The van der Waals surface area contributed by atoms with Crippen molar-refractivity contribution in [3.63, 3.8) is 0 Å². The summed E-state index contributed by atoms with van der Waals surface area (Å²) in [6.45, 7) is 0.300. The van der Waals surface area contributed by atoms with E-state index in [2.05, 4.69) is 15.0 Å². The SMILES string of the molecule is CN(C)C(=O)c1cc(Oc2ccc(S(C)(=O)=O)nc2)cc(-c2ccc(C3=NC[C@]4(C[C@H]4F)O3)[nH]2)c1. The molecule has 182 valence electrons. The van der Waals surface area contributed by atoms with Gasteiger partial charge in [-0.2, -0.15) is 0 Å². The van der Waals surface area contributed by atoms with Crippen LogP contribution in [-0.4, -0.2) is 73.8 Å². The molecule has 1 aliphatic heterocycles. The molecule has 3 heterocycles. The van der Waals surface area contributed by atoms with E-state index in [9.17, 15) is 17.6 Å². The monoisotopic (exact) mass is 498 g/mol. The Morgan fingerprint density at radius 3 is 2.51 bits per heavy atom. The number of aromatic amines is 1. The number of alkyl halides is 1. The van der Waals surface area contributed by atoms with Crippen molar-refractivity contribution in [1.29, 1.82) is 0 Å². The third-order valence-electron chi connectivity index (χ3n) is 5.84. The van der Waals surface area contributed by atoms with E-state index in [0.29, 0.717) is 52.9 Å². The van der Waals surface area contributed by atoms with Crippen LogP contribution >= 0.6 is 0 Å². The minimum absolute atomic E-state index is 0.0647. The predicted molar refractivity (Wildman–Crippen MR) is 126 cm³/mol. The molecule has 11 heteroatoms. The van der Waals surface area contributed by atoms with Gasteiger partial charge in [0.05, 0.1) is 12.7 Å². The number of carbonyl (C=O) groups excluding carboxylic acids is 1. The van der Waals surface area contributed by atoms with Crippen LogP contribution in [0.4, 0.5) is 4.39 Å². The number of ether oxygens (including phenoxy) is 2. The number of aromatic nitrogens is 2. The van der Waals surface area contributed by atoms with E-state index in [1.165, 1.54) is 23.2 Å². The molecule has 1 aliphatic carbocycles. The number of halogens is 1. The Hall–Kier alpha value is -3.73. The normalized spacial score (nSPS) is 20.9. The minimum Gasteiger partial charge on any atom is -0.465 e. The maximum absolute atomic E-state index is 13.6. The molecule has 1 saturated carbocycles. The molecule has 1 fully saturated rings. The van der Waals surface area contributed by atoms with Crippen molar-refractivity contribution in [3.05, 3.63) is 59.9 Å². The molecule has 0 saturated heterocycles. The molecular weight excluding hydrogens is 475 g/mol. The summed E-state index contributed by atoms with van der Waals surface area (Å²) in [6.07, 6.45) is 1.74. The van der Waals surface area contributed by atoms with E-state index in [-0.39, 0.29) is 10.9 Å². The molecule has 2 aromatic heterocycles. The molecule has 0 bridgehead atoms. The largest absolute Gasteiger partial charge is 0.465 e. The fraction of sp³-hybridized carbons (Fsp3) is 0.292. The standard InChI is InChI=1S/C24H23FN4O5S/c1-29(2)23(30)15-8-14(9-17(10-15)33-16-4-7-21(26-12-16)35(3,31)32)18-5-6-19(28-18)22-27-13-24(34-22)11-20(24)25/h4-10,12,20,28H,11,13H2,1-3H3/t20-,24+/m1/s1. The van der Waals surface area contributed by atoms with Crippen molar-refractivity contribution in [2.75, 3.05) is 26.9 Å². The highest BCUT2D eigenvalue weighted by atomic mass is 32.2. The van der Waals surface area contributed by atoms with Crippen molar-refractivity contribution in [2.45, 2.75) is 23.2 Å². The second kappa shape index (κ2) is 8.19. The van der Waals surface area contributed by atoms with Crippen LogP contribution < -0.4 is 4.74 Å². The molecule has 0 radical (unpaired) electrons. The number of aliphatic imine (C=N–C) groups is 1. The Balaban J connectivity index is 1.45. The van der Waals surface area contributed by atoms with E-state index in [4.69, 9.17) is 9.47 Å². The van der Waals surface area contributed by atoms with E-state index in [1.54, 1.807) is 38.4 Å². The molecule has 1 spiro atoms. The maximum Gasteiger partial charge on any atom is 0.253 e. The van der Waals surface area contributed by atoms with Gasteiger partial charge in [0, 0.05) is 43.6 Å². The first-order valence-corrected chi connectivity index (χ1v) is 12.7. The van der Waals surface area contributed by atoms with Gasteiger partial charge in [0.25, 0.3) is 5.91 Å². The number of rotatable bonds is 6. The highest BCUT2D eigenvalue weighted by Crippen LogP contribution is 2.46. The fourth-order valence-electron chi connectivity index (χ4n) is 3.78. The summed E-state index contributed by atoms with van der Waals surface area (Å²) in [4.78, 5) is 25.7. The van der Waals surface area contributed by atoms with E-state index >= 15 is 0 Å². The number of pyridine rings is 1. The molecule has 2 aliphatic rings. The average molecular weight is 499 g/mol. The molecule has 3 aromatic rings. The summed E-state index contributed by atoms with van der Waals surface area (Å²) in [5.41, 5.74) is 1.56. The molecule has 1 N–H and O–H groups in total. The molecule has 35 heavy (non-hydrogen) atoms. The first kappa shape index (κ1) is 23.0. The molecule has 5 rings (SSSR count). The number of nitrogens with zero attached hydrogens (tertiary/aromatic N) is 3. The third kappa shape index (κ3) is 4.51. The van der Waals surface area contributed by atoms with Crippen LogP contribution in [0.15, 0.2) is 58.7 Å². The first-order valence-electron chi connectivity index (χ1n) is 10.8. The summed E-state index contributed by atoms with van der Waals surface area (Å²) in [5, 5.41) is -0.0647. The van der Waals surface area contributed by atoms with Crippen LogP contribution in [0.2, 0.25) is 0 Å². The van der Waals surface area contributed by atoms with Crippen molar-refractivity contribution in [1.82, 2.24) is 14.9 Å². The number of H-pyrrole nitrogens is 1. The number of amides is 1. The van der Waals surface area contributed by atoms with Gasteiger partial charge in [0.15, 0.2) is 20.5 Å². The fourth-order valence-corrected chi connectivity index (χ4v) is 4.34. The second-order valence-corrected chi connectivity index (χ2v) is 10.9. The first-order chi connectivity index (χ1) is 16.5. The summed E-state index contributed by atoms with van der Waals surface area (Å²) >= 11 is 0. The van der Waals surface area contributed by atoms with Crippen LogP contribution in [0.25, 0.3) is 11.3 Å². The van der Waals surface area contributed by atoms with Crippen molar-refractivity contribution in [2.24, 2.45) is 4.99 Å². The zero-order valence-corrected chi connectivity index (χ0v) is 20.1. The number of sulfone groups is 1. The van der Waals surface area contributed by atoms with Gasteiger partial charge < -0.3 is 19.4 Å². The minimum atomic E-state index is -3.44. The van der Waals surface area contributed by atoms with Crippen LogP contribution in [0.3, 0.4) is 0 Å². The molecule has 1 aromatic carbocycles. The smallest absolute Gasteiger partial charge is 0.253 e. The van der Waals surface area contributed by atoms with Gasteiger partial charge in [-0.15, -0.1) is 0 Å². The molecule has 1 amide bonds. The maximum atomic E-state index is 13.6. The van der Waals surface area contributed by atoms with Gasteiger partial charge in [0.2, 0.25) is 5.90 Å². The highest BCUT2D eigenvalue weighted by Gasteiger charge is 2.61. The van der Waals surface area contributed by atoms with E-state index in [1.807, 2.05) is 6.07 Å². The van der Waals surface area contributed by atoms with E-state index < -0.39 is 21.6 Å². The van der Waals surface area contributed by atoms with E-state index in [0.717, 1.165) is 6.26 Å². The summed E-state index contributed by atoms with van der Waals surface area (Å²) < 4.78 is 48.6. The number of hydrogen-bond donors (Lipinski definition) is 1. The lowest BCUT2D eigenvalue weighted by Gasteiger charge is -2.14. The zero-order valence-electron chi connectivity index (χ0n) is 19.3. The van der Waals surface area contributed by atoms with Crippen molar-refractivity contribution >= 4 is 21.6 Å². The number of benzene rings is 1. The van der Waals surface area contributed by atoms with Gasteiger partial charge >= 0.3 is 0 Å². The Labute approximate surface area is 201 Å².